The zero-order chi connectivity index (χ0) is 22.3. The van der Waals surface area contributed by atoms with Gasteiger partial charge >= 0.3 is 0 Å². The Morgan fingerprint density at radius 2 is 1.66 bits per heavy atom. The van der Waals surface area contributed by atoms with Gasteiger partial charge in [0.1, 0.15) is 11.5 Å². The highest BCUT2D eigenvalue weighted by molar-refractivity contribution is 5.92. The number of anilines is 1. The smallest absolute Gasteiger partial charge is 0.289 e. The Kier molecular flexibility index (Phi) is 6.87. The summed E-state index contributed by atoms with van der Waals surface area (Å²) in [4.78, 5) is 29.0. The molecule has 0 bridgehead atoms. The van der Waals surface area contributed by atoms with Crippen molar-refractivity contribution in [2.24, 2.45) is 0 Å². The van der Waals surface area contributed by atoms with Crippen LogP contribution in [-0.2, 0) is 4.79 Å². The molecule has 0 aliphatic carbocycles. The molecule has 0 radical (unpaired) electrons. The number of amides is 2. The van der Waals surface area contributed by atoms with E-state index in [-0.39, 0.29) is 11.8 Å². The van der Waals surface area contributed by atoms with E-state index >= 15 is 0 Å². The molecule has 3 aromatic rings. The van der Waals surface area contributed by atoms with Crippen LogP contribution in [0.25, 0.3) is 0 Å². The van der Waals surface area contributed by atoms with Crippen molar-refractivity contribution in [2.75, 3.05) is 38.0 Å². The van der Waals surface area contributed by atoms with Gasteiger partial charge in [-0.15, -0.1) is 0 Å². The highest BCUT2D eigenvalue weighted by Crippen LogP contribution is 2.29. The van der Waals surface area contributed by atoms with Gasteiger partial charge in [0.15, 0.2) is 11.5 Å². The maximum atomic E-state index is 12.5. The summed E-state index contributed by atoms with van der Waals surface area (Å²) in [7, 11) is 0. The summed E-state index contributed by atoms with van der Waals surface area (Å²) >= 11 is 0. The lowest BCUT2D eigenvalue weighted by Gasteiger charge is -2.34. The standard InChI is InChI=1S/C25H27N3O4/c1-19-11-12-23(31-19)25(30)28-17-15-27(16-18-28)14-13-24(29)26-21-9-5-6-10-22(21)32-20-7-3-2-4-8-20/h2-12H,13-18H2,1H3,(H,26,29). The average molecular weight is 434 g/mol. The molecule has 2 heterocycles. The number of hydrogen-bond acceptors (Lipinski definition) is 5. The minimum Gasteiger partial charge on any atom is -0.456 e. The first-order valence-corrected chi connectivity index (χ1v) is 10.8. The molecular weight excluding hydrogens is 406 g/mol. The van der Waals surface area contributed by atoms with E-state index in [0.29, 0.717) is 49.0 Å². The largest absolute Gasteiger partial charge is 0.456 e. The second kappa shape index (κ2) is 10.2. The topological polar surface area (TPSA) is 75.0 Å². The molecule has 4 rings (SSSR count). The average Bonchev–Trinajstić information content (AvgIpc) is 3.26. The molecule has 2 amide bonds. The fourth-order valence-electron chi connectivity index (χ4n) is 3.63. The normalized spacial score (nSPS) is 14.2. The van der Waals surface area contributed by atoms with Gasteiger partial charge in [-0.2, -0.15) is 0 Å². The number of para-hydroxylation sites is 3. The Morgan fingerprint density at radius 3 is 2.38 bits per heavy atom. The number of hydrogen-bond donors (Lipinski definition) is 1. The second-order valence-electron chi connectivity index (χ2n) is 7.75. The fraction of sp³-hybridized carbons (Fsp3) is 0.280. The van der Waals surface area contributed by atoms with Gasteiger partial charge in [-0.05, 0) is 43.3 Å². The van der Waals surface area contributed by atoms with Gasteiger partial charge in [-0.3, -0.25) is 14.5 Å². The van der Waals surface area contributed by atoms with Crippen molar-refractivity contribution in [3.63, 3.8) is 0 Å². The summed E-state index contributed by atoms with van der Waals surface area (Å²) in [5, 5.41) is 2.95. The number of rotatable bonds is 7. The van der Waals surface area contributed by atoms with Crippen LogP contribution >= 0.6 is 0 Å². The maximum Gasteiger partial charge on any atom is 0.289 e. The SMILES string of the molecule is Cc1ccc(C(=O)N2CCN(CCC(=O)Nc3ccccc3Oc3ccccc3)CC2)o1. The van der Waals surface area contributed by atoms with Crippen molar-refractivity contribution in [1.29, 1.82) is 0 Å². The molecule has 1 N–H and O–H groups in total. The number of nitrogens with one attached hydrogen (secondary N) is 1. The number of ether oxygens (including phenoxy) is 1. The fourth-order valence-corrected chi connectivity index (χ4v) is 3.63. The Hall–Kier alpha value is -3.58. The molecule has 1 fully saturated rings. The zero-order valence-electron chi connectivity index (χ0n) is 18.1. The molecule has 1 aromatic heterocycles. The molecule has 0 spiro atoms. The van der Waals surface area contributed by atoms with E-state index in [4.69, 9.17) is 9.15 Å². The lowest BCUT2D eigenvalue weighted by molar-refractivity contribution is -0.116. The monoisotopic (exact) mass is 433 g/mol. The molecule has 7 nitrogen and oxygen atoms in total. The molecule has 32 heavy (non-hydrogen) atoms. The first-order chi connectivity index (χ1) is 15.6. The van der Waals surface area contributed by atoms with E-state index in [2.05, 4.69) is 10.2 Å². The zero-order valence-corrected chi connectivity index (χ0v) is 18.1. The maximum absolute atomic E-state index is 12.5. The summed E-state index contributed by atoms with van der Waals surface area (Å²) in [6.07, 6.45) is 0.366. The van der Waals surface area contributed by atoms with Gasteiger partial charge in [-0.25, -0.2) is 0 Å². The Morgan fingerprint density at radius 1 is 0.938 bits per heavy atom. The van der Waals surface area contributed by atoms with Gasteiger partial charge in [0.25, 0.3) is 5.91 Å². The quantitative estimate of drug-likeness (QED) is 0.605. The Labute approximate surface area is 187 Å². The van der Waals surface area contributed by atoms with E-state index in [1.807, 2.05) is 61.5 Å². The van der Waals surface area contributed by atoms with Crippen LogP contribution in [0.3, 0.4) is 0 Å². The Balaban J connectivity index is 1.24. The molecular formula is C25H27N3O4. The summed E-state index contributed by atoms with van der Waals surface area (Å²) in [5.41, 5.74) is 0.644. The summed E-state index contributed by atoms with van der Waals surface area (Å²) in [6.45, 7) is 5.15. The van der Waals surface area contributed by atoms with Crippen LogP contribution in [0.5, 0.6) is 11.5 Å². The number of furan rings is 1. The molecule has 1 aliphatic rings. The lowest BCUT2D eigenvalue weighted by atomic mass is 10.2. The van der Waals surface area contributed by atoms with E-state index in [1.165, 1.54) is 0 Å². The van der Waals surface area contributed by atoms with Gasteiger partial charge in [0, 0.05) is 39.1 Å². The second-order valence-corrected chi connectivity index (χ2v) is 7.75. The van der Waals surface area contributed by atoms with Crippen LogP contribution in [-0.4, -0.2) is 54.3 Å². The van der Waals surface area contributed by atoms with Crippen molar-refractivity contribution in [2.45, 2.75) is 13.3 Å². The van der Waals surface area contributed by atoms with Gasteiger partial charge < -0.3 is 19.4 Å². The van der Waals surface area contributed by atoms with E-state index in [9.17, 15) is 9.59 Å². The van der Waals surface area contributed by atoms with Gasteiger partial charge in [-0.1, -0.05) is 30.3 Å². The van der Waals surface area contributed by atoms with Crippen LogP contribution in [0.2, 0.25) is 0 Å². The number of aryl methyl sites for hydroxylation is 1. The summed E-state index contributed by atoms with van der Waals surface area (Å²) < 4.78 is 11.3. The molecule has 0 unspecified atom stereocenters. The molecule has 2 aromatic carbocycles. The number of nitrogens with zero attached hydrogens (tertiary/aromatic N) is 2. The number of carbonyl (C=O) groups excluding carboxylic acids is 2. The third-order valence-electron chi connectivity index (χ3n) is 5.40. The number of piperazine rings is 1. The molecule has 0 saturated carbocycles. The van der Waals surface area contributed by atoms with Crippen LogP contribution < -0.4 is 10.1 Å². The van der Waals surface area contributed by atoms with E-state index in [0.717, 1.165) is 18.8 Å². The first-order valence-electron chi connectivity index (χ1n) is 10.8. The summed E-state index contributed by atoms with van der Waals surface area (Å²) in [5.74, 6) is 2.28. The predicted octanol–water partition coefficient (Wildman–Crippen LogP) is 4.17. The number of benzene rings is 2. The van der Waals surface area contributed by atoms with Crippen molar-refractivity contribution in [1.82, 2.24) is 9.80 Å². The molecule has 7 heteroatoms. The van der Waals surface area contributed by atoms with Crippen molar-refractivity contribution in [3.05, 3.63) is 78.3 Å². The third-order valence-corrected chi connectivity index (χ3v) is 5.40. The van der Waals surface area contributed by atoms with Crippen molar-refractivity contribution >= 4 is 17.5 Å². The van der Waals surface area contributed by atoms with Crippen molar-refractivity contribution < 1.29 is 18.7 Å². The van der Waals surface area contributed by atoms with Crippen LogP contribution in [0.1, 0.15) is 22.7 Å². The van der Waals surface area contributed by atoms with Crippen LogP contribution in [0, 0.1) is 6.92 Å². The van der Waals surface area contributed by atoms with Crippen molar-refractivity contribution in [3.8, 4) is 11.5 Å². The number of carbonyl (C=O) groups is 2. The first kappa shape index (κ1) is 21.6. The highest BCUT2D eigenvalue weighted by Gasteiger charge is 2.24. The predicted molar refractivity (Wildman–Crippen MR) is 122 cm³/mol. The molecule has 1 saturated heterocycles. The Bertz CT molecular complexity index is 1060. The molecule has 166 valence electrons. The summed E-state index contributed by atoms with van der Waals surface area (Å²) in [6, 6.07) is 20.4. The third kappa shape index (κ3) is 5.56. The van der Waals surface area contributed by atoms with Crippen LogP contribution in [0.15, 0.2) is 71.1 Å². The van der Waals surface area contributed by atoms with E-state index < -0.39 is 0 Å². The van der Waals surface area contributed by atoms with Gasteiger partial charge in [0.05, 0.1) is 5.69 Å². The molecule has 0 atom stereocenters. The molecule has 1 aliphatic heterocycles. The minimum atomic E-state index is -0.0782. The van der Waals surface area contributed by atoms with Crippen LogP contribution in [0.4, 0.5) is 5.69 Å². The van der Waals surface area contributed by atoms with E-state index in [1.54, 1.807) is 17.0 Å². The minimum absolute atomic E-state index is 0.0707. The van der Waals surface area contributed by atoms with Gasteiger partial charge in [0.2, 0.25) is 5.91 Å². The highest BCUT2D eigenvalue weighted by atomic mass is 16.5. The lowest BCUT2D eigenvalue weighted by Crippen LogP contribution is -2.49.